The lowest BCUT2D eigenvalue weighted by Crippen LogP contribution is -2.40. The molecule has 0 saturated heterocycles. The number of carbonyl (C=O) groups excluding carboxylic acids is 3. The summed E-state index contributed by atoms with van der Waals surface area (Å²) in [5, 5.41) is 9.53. The number of amides is 3. The van der Waals surface area contributed by atoms with Crippen molar-refractivity contribution in [3.63, 3.8) is 0 Å². The molecule has 0 fully saturated rings. The molecule has 0 spiro atoms. The number of rotatable bonds is 23. The summed E-state index contributed by atoms with van der Waals surface area (Å²) >= 11 is 0. The normalized spacial score (nSPS) is 14.6. The maximum atomic E-state index is 13.0. The highest BCUT2D eigenvalue weighted by Crippen LogP contribution is 2.36. The van der Waals surface area contributed by atoms with Crippen LogP contribution in [0.15, 0.2) is 0 Å². The van der Waals surface area contributed by atoms with Gasteiger partial charge in [0.15, 0.2) is 0 Å². The third kappa shape index (κ3) is 26.8. The Hall–Kier alpha value is -1.67. The van der Waals surface area contributed by atoms with Crippen LogP contribution in [0.25, 0.3) is 0 Å². The molecule has 0 aromatic rings. The lowest BCUT2D eigenvalue weighted by atomic mass is 9.73. The molecule has 0 bridgehead atoms. The lowest BCUT2D eigenvalue weighted by molar-refractivity contribution is -0.123. The first-order valence-corrected chi connectivity index (χ1v) is 19.3. The molecule has 1 atom stereocenters. The van der Waals surface area contributed by atoms with Gasteiger partial charge in [0, 0.05) is 58.5 Å². The van der Waals surface area contributed by atoms with Crippen LogP contribution < -0.4 is 16.0 Å². The van der Waals surface area contributed by atoms with E-state index in [1.54, 1.807) is 0 Å². The zero-order valence-electron chi connectivity index (χ0n) is 35.4. The number of nitrogens with zero attached hydrogens (tertiary/aromatic N) is 2. The van der Waals surface area contributed by atoms with Crippen molar-refractivity contribution in [2.45, 2.75) is 155 Å². The van der Waals surface area contributed by atoms with Gasteiger partial charge >= 0.3 is 0 Å². The molecule has 0 aromatic heterocycles. The van der Waals surface area contributed by atoms with Crippen LogP contribution in [0, 0.1) is 32.5 Å². The molecule has 49 heavy (non-hydrogen) atoms. The summed E-state index contributed by atoms with van der Waals surface area (Å²) in [5.41, 5.74) is 0.775. The van der Waals surface area contributed by atoms with Crippen LogP contribution in [0.3, 0.4) is 0 Å². The number of nitrogens with one attached hydrogen (secondary N) is 3. The first-order valence-electron chi connectivity index (χ1n) is 19.3. The highest BCUT2D eigenvalue weighted by atomic mass is 16.2. The first kappa shape index (κ1) is 47.3. The van der Waals surface area contributed by atoms with Gasteiger partial charge in [0.1, 0.15) is 0 Å². The Morgan fingerprint density at radius 3 is 1.22 bits per heavy atom. The predicted octanol–water partition coefficient (Wildman–Crippen LogP) is 7.91. The van der Waals surface area contributed by atoms with Gasteiger partial charge in [0.05, 0.1) is 0 Å². The van der Waals surface area contributed by atoms with Crippen LogP contribution in [0.5, 0.6) is 0 Å². The molecular formula is C41H83N5O3. The van der Waals surface area contributed by atoms with E-state index in [1.807, 2.05) is 0 Å². The highest BCUT2D eigenvalue weighted by Gasteiger charge is 2.29. The van der Waals surface area contributed by atoms with E-state index in [2.05, 4.69) is 137 Å². The van der Waals surface area contributed by atoms with Crippen LogP contribution in [0.1, 0.15) is 155 Å². The third-order valence-electron chi connectivity index (χ3n) is 9.11. The Morgan fingerprint density at radius 1 is 0.490 bits per heavy atom. The van der Waals surface area contributed by atoms with Crippen molar-refractivity contribution in [3.8, 4) is 0 Å². The molecule has 0 rings (SSSR count). The van der Waals surface area contributed by atoms with Gasteiger partial charge in [-0.25, -0.2) is 0 Å². The van der Waals surface area contributed by atoms with Gasteiger partial charge in [0.2, 0.25) is 17.7 Å². The third-order valence-corrected chi connectivity index (χ3v) is 9.11. The molecule has 0 aliphatic carbocycles. The first-order chi connectivity index (χ1) is 22.0. The molecule has 0 aliphatic heterocycles. The fourth-order valence-electron chi connectivity index (χ4n) is 7.67. The quantitative estimate of drug-likeness (QED) is 0.101. The topological polar surface area (TPSA) is 93.8 Å². The summed E-state index contributed by atoms with van der Waals surface area (Å²) in [4.78, 5) is 43.0. The fourth-order valence-corrected chi connectivity index (χ4v) is 7.67. The zero-order chi connectivity index (χ0) is 38.3. The maximum absolute atomic E-state index is 13.0. The van der Waals surface area contributed by atoms with Crippen LogP contribution in [-0.2, 0) is 14.4 Å². The summed E-state index contributed by atoms with van der Waals surface area (Å²) in [6.07, 6.45) is 6.34. The van der Waals surface area contributed by atoms with E-state index in [0.29, 0.717) is 58.5 Å². The van der Waals surface area contributed by atoms with Crippen molar-refractivity contribution >= 4 is 17.7 Å². The zero-order valence-corrected chi connectivity index (χ0v) is 35.4. The van der Waals surface area contributed by atoms with E-state index < -0.39 is 0 Å². The second kappa shape index (κ2) is 20.4. The average Bonchev–Trinajstić information content (AvgIpc) is 2.90. The van der Waals surface area contributed by atoms with Gasteiger partial charge in [-0.3, -0.25) is 14.4 Å². The van der Waals surface area contributed by atoms with E-state index in [1.165, 1.54) is 0 Å². The van der Waals surface area contributed by atoms with Gasteiger partial charge in [-0.1, -0.05) is 104 Å². The molecule has 1 unspecified atom stereocenters. The van der Waals surface area contributed by atoms with Gasteiger partial charge in [0.25, 0.3) is 0 Å². The van der Waals surface area contributed by atoms with Crippen LogP contribution >= 0.6 is 0 Å². The largest absolute Gasteiger partial charge is 0.356 e. The minimum Gasteiger partial charge on any atom is -0.356 e. The molecule has 0 aromatic carbocycles. The summed E-state index contributed by atoms with van der Waals surface area (Å²) in [7, 11) is 2.06. The Balaban J connectivity index is 5.07. The van der Waals surface area contributed by atoms with Crippen molar-refractivity contribution in [1.82, 2.24) is 25.8 Å². The molecule has 3 amide bonds. The Bertz CT molecular complexity index is 987. The van der Waals surface area contributed by atoms with Gasteiger partial charge < -0.3 is 25.8 Å². The standard InChI is InChI=1S/C41H83N5O3/c1-17-41(15,29-38(8,9)10)32-44-35(49)21-26-46(25-20-34(48)43-31-40(13,14)28-37(5,6)7)23-18-22-45(16)24-19-33(47)42-30-39(11,12)27-36(2,3)4/h17-32H2,1-16H3,(H,42,47)(H,43,48)(H,44,49). The molecule has 8 heteroatoms. The Kier molecular flexibility index (Phi) is 19.7. The van der Waals surface area contributed by atoms with E-state index >= 15 is 0 Å². The van der Waals surface area contributed by atoms with E-state index in [9.17, 15) is 14.4 Å². The second-order valence-corrected chi connectivity index (χ2v) is 20.8. The second-order valence-electron chi connectivity index (χ2n) is 20.8. The minimum atomic E-state index is 0.0236. The van der Waals surface area contributed by atoms with E-state index in [4.69, 9.17) is 0 Å². The SMILES string of the molecule is CCC(C)(CNC(=O)CCN(CCCN(C)CCC(=O)NCC(C)(C)CC(C)(C)C)CCC(=O)NCC(C)(C)CC(C)(C)C)CC(C)(C)C. The maximum Gasteiger partial charge on any atom is 0.221 e. The van der Waals surface area contributed by atoms with Crippen LogP contribution in [0.4, 0.5) is 0 Å². The van der Waals surface area contributed by atoms with Crippen molar-refractivity contribution in [2.24, 2.45) is 32.5 Å². The van der Waals surface area contributed by atoms with Crippen molar-refractivity contribution < 1.29 is 14.4 Å². The molecule has 0 aliphatic rings. The van der Waals surface area contributed by atoms with Crippen molar-refractivity contribution in [2.75, 3.05) is 59.4 Å². The van der Waals surface area contributed by atoms with Gasteiger partial charge in [-0.05, 0) is 84.7 Å². The highest BCUT2D eigenvalue weighted by molar-refractivity contribution is 5.77. The molecule has 290 valence electrons. The smallest absolute Gasteiger partial charge is 0.221 e. The molecular weight excluding hydrogens is 610 g/mol. The van der Waals surface area contributed by atoms with Gasteiger partial charge in [-0.2, -0.15) is 0 Å². The number of hydrogen-bond donors (Lipinski definition) is 3. The summed E-state index contributed by atoms with van der Waals surface area (Å²) in [5.74, 6) is 0.228. The summed E-state index contributed by atoms with van der Waals surface area (Å²) < 4.78 is 0. The molecule has 0 radical (unpaired) electrons. The number of carbonyl (C=O) groups is 3. The van der Waals surface area contributed by atoms with E-state index in [-0.39, 0.29) is 50.2 Å². The molecule has 0 heterocycles. The lowest BCUT2D eigenvalue weighted by Gasteiger charge is -2.35. The van der Waals surface area contributed by atoms with Crippen LogP contribution in [0.2, 0.25) is 0 Å². The van der Waals surface area contributed by atoms with Crippen molar-refractivity contribution in [1.29, 1.82) is 0 Å². The van der Waals surface area contributed by atoms with Gasteiger partial charge in [-0.15, -0.1) is 0 Å². The predicted molar refractivity (Wildman–Crippen MR) is 210 cm³/mol. The monoisotopic (exact) mass is 694 g/mol. The van der Waals surface area contributed by atoms with Crippen LogP contribution in [-0.4, -0.2) is 86.9 Å². The number of hydrogen-bond acceptors (Lipinski definition) is 5. The average molecular weight is 694 g/mol. The Morgan fingerprint density at radius 2 is 0.857 bits per heavy atom. The molecule has 0 saturated carbocycles. The summed E-state index contributed by atoms with van der Waals surface area (Å²) in [6.45, 7) is 39.1. The van der Waals surface area contributed by atoms with E-state index in [0.717, 1.165) is 45.2 Å². The Labute approximate surface area is 304 Å². The molecule has 8 nitrogen and oxygen atoms in total. The molecule has 3 N–H and O–H groups in total. The summed E-state index contributed by atoms with van der Waals surface area (Å²) in [6, 6.07) is 0. The van der Waals surface area contributed by atoms with Crippen molar-refractivity contribution in [3.05, 3.63) is 0 Å². The fraction of sp³-hybridized carbons (Fsp3) is 0.927. The minimum absolute atomic E-state index is 0.0236.